The molecule has 24 heavy (non-hydrogen) atoms. The molecule has 1 amide bonds. The average Bonchev–Trinajstić information content (AvgIpc) is 2.60. The molecule has 0 spiro atoms. The molecular weight excluding hydrogens is 324 g/mol. The molecule has 120 valence electrons. The van der Waals surface area contributed by atoms with Crippen molar-refractivity contribution in [3.63, 3.8) is 0 Å². The fraction of sp³-hybridized carbons (Fsp3) is 0.105. The monoisotopic (exact) mass is 338 g/mol. The maximum absolute atomic E-state index is 12.1. The van der Waals surface area contributed by atoms with Gasteiger partial charge in [-0.05, 0) is 29.3 Å². The molecule has 5 heteroatoms. The normalized spacial score (nSPS) is 11.7. The molecule has 0 fully saturated rings. The van der Waals surface area contributed by atoms with E-state index in [1.165, 1.54) is 12.2 Å². The first-order chi connectivity index (χ1) is 11.6. The van der Waals surface area contributed by atoms with E-state index in [0.717, 1.165) is 11.1 Å². The van der Waals surface area contributed by atoms with Crippen LogP contribution < -0.4 is 5.32 Å². The zero-order valence-electron chi connectivity index (χ0n) is 12.8. The molecule has 0 heterocycles. The van der Waals surface area contributed by atoms with E-state index >= 15 is 0 Å². The van der Waals surface area contributed by atoms with Gasteiger partial charge in [-0.15, -0.1) is 0 Å². The lowest BCUT2D eigenvalue weighted by Gasteiger charge is -2.08. The van der Waals surface area contributed by atoms with Crippen LogP contribution in [-0.4, -0.2) is 11.7 Å². The Morgan fingerprint density at radius 1 is 1.17 bits per heavy atom. The van der Waals surface area contributed by atoms with Crippen molar-refractivity contribution in [1.29, 1.82) is 5.26 Å². The summed E-state index contributed by atoms with van der Waals surface area (Å²) in [5.41, 5.74) is 1.61. The highest BCUT2D eigenvalue weighted by molar-refractivity contribution is 6.30. The molecule has 4 nitrogen and oxygen atoms in total. The maximum atomic E-state index is 12.1. The van der Waals surface area contributed by atoms with Crippen LogP contribution in [0.15, 0.2) is 60.7 Å². The van der Waals surface area contributed by atoms with E-state index in [0.29, 0.717) is 5.02 Å². The summed E-state index contributed by atoms with van der Waals surface area (Å²) in [6, 6.07) is 17.9. The van der Waals surface area contributed by atoms with Crippen LogP contribution in [0.2, 0.25) is 5.02 Å². The third kappa shape index (κ3) is 5.08. The zero-order valence-corrected chi connectivity index (χ0v) is 13.5. The van der Waals surface area contributed by atoms with Gasteiger partial charge in [0.2, 0.25) is 5.91 Å². The Hall–Kier alpha value is -2.90. The van der Waals surface area contributed by atoms with Crippen molar-refractivity contribution in [1.82, 2.24) is 5.32 Å². The van der Waals surface area contributed by atoms with Gasteiger partial charge in [-0.25, -0.2) is 0 Å². The number of amides is 1. The minimum Gasteiger partial charge on any atom is -0.350 e. The highest BCUT2D eigenvalue weighted by Crippen LogP contribution is 2.12. The van der Waals surface area contributed by atoms with Gasteiger partial charge < -0.3 is 5.32 Å². The van der Waals surface area contributed by atoms with Crippen LogP contribution in [0, 0.1) is 17.2 Å². The lowest BCUT2D eigenvalue weighted by atomic mass is 10.0. The van der Waals surface area contributed by atoms with Gasteiger partial charge in [0.05, 0.1) is 6.07 Å². The summed E-state index contributed by atoms with van der Waals surface area (Å²) in [6.07, 6.45) is 2.75. The molecule has 1 N–H and O–H groups in total. The molecule has 2 aromatic carbocycles. The van der Waals surface area contributed by atoms with E-state index < -0.39 is 17.6 Å². The number of hydrogen-bond donors (Lipinski definition) is 1. The summed E-state index contributed by atoms with van der Waals surface area (Å²) in [4.78, 5) is 24.1. The quantitative estimate of drug-likeness (QED) is 0.648. The largest absolute Gasteiger partial charge is 0.350 e. The number of nitrogens with zero attached hydrogens (tertiary/aromatic N) is 1. The molecule has 2 aromatic rings. The predicted molar refractivity (Wildman–Crippen MR) is 92.9 cm³/mol. The average molecular weight is 339 g/mol. The Balaban J connectivity index is 1.98. The molecule has 2 rings (SSSR count). The van der Waals surface area contributed by atoms with Crippen LogP contribution >= 0.6 is 11.6 Å². The molecule has 0 aliphatic carbocycles. The number of carbonyl (C=O) groups is 2. The summed E-state index contributed by atoms with van der Waals surface area (Å²) in [5.74, 6) is -2.55. The third-order valence-corrected chi connectivity index (χ3v) is 3.51. The lowest BCUT2D eigenvalue weighted by Crippen LogP contribution is -2.33. The molecule has 0 aliphatic heterocycles. The van der Waals surface area contributed by atoms with E-state index in [-0.39, 0.29) is 6.54 Å². The van der Waals surface area contributed by atoms with E-state index in [4.69, 9.17) is 16.9 Å². The third-order valence-electron chi connectivity index (χ3n) is 3.27. The Morgan fingerprint density at radius 3 is 2.58 bits per heavy atom. The van der Waals surface area contributed by atoms with Crippen LogP contribution in [0.4, 0.5) is 0 Å². The van der Waals surface area contributed by atoms with Gasteiger partial charge in [-0.2, -0.15) is 5.26 Å². The summed E-state index contributed by atoms with van der Waals surface area (Å²) in [5, 5.41) is 12.3. The number of nitriles is 1. The van der Waals surface area contributed by atoms with Crippen LogP contribution in [0.1, 0.15) is 11.1 Å². The first-order valence-electron chi connectivity index (χ1n) is 7.29. The highest BCUT2D eigenvalue weighted by atomic mass is 35.5. The number of hydrogen-bond acceptors (Lipinski definition) is 3. The molecule has 0 saturated heterocycles. The summed E-state index contributed by atoms with van der Waals surface area (Å²) < 4.78 is 0. The molecule has 0 saturated carbocycles. The van der Waals surface area contributed by atoms with Gasteiger partial charge in [-0.1, -0.05) is 60.1 Å². The number of rotatable bonds is 6. The van der Waals surface area contributed by atoms with E-state index in [1.54, 1.807) is 30.3 Å². The van der Waals surface area contributed by atoms with Crippen molar-refractivity contribution in [3.8, 4) is 6.07 Å². The van der Waals surface area contributed by atoms with Gasteiger partial charge in [0.25, 0.3) is 0 Å². The predicted octanol–water partition coefficient (Wildman–Crippen LogP) is 3.38. The topological polar surface area (TPSA) is 70.0 Å². The number of nitrogens with one attached hydrogen (secondary N) is 1. The van der Waals surface area contributed by atoms with E-state index in [1.807, 2.05) is 30.3 Å². The van der Waals surface area contributed by atoms with Crippen molar-refractivity contribution in [3.05, 3.63) is 76.8 Å². The van der Waals surface area contributed by atoms with Crippen LogP contribution in [0.3, 0.4) is 0 Å². The smallest absolute Gasteiger partial charge is 0.245 e. The first kappa shape index (κ1) is 17.5. The molecule has 1 atom stereocenters. The number of allylic oxidation sites excluding steroid dienone is 1. The Bertz CT molecular complexity index is 795. The molecule has 0 aliphatic rings. The number of halogens is 1. The number of benzene rings is 2. The minimum atomic E-state index is -1.37. The molecular formula is C19H15ClN2O2. The zero-order chi connectivity index (χ0) is 17.4. The SMILES string of the molecule is N#C[C@@H](C(=O)/C=C\c1cccc(Cl)c1)C(=O)NCc1ccccc1. The second kappa shape index (κ2) is 8.66. The molecule has 0 radical (unpaired) electrons. The number of carbonyl (C=O) groups excluding carboxylic acids is 2. The van der Waals surface area contributed by atoms with Gasteiger partial charge in [0.15, 0.2) is 11.7 Å². The van der Waals surface area contributed by atoms with Crippen molar-refractivity contribution in [2.45, 2.75) is 6.54 Å². The summed E-state index contributed by atoms with van der Waals surface area (Å²) in [6.45, 7) is 0.267. The van der Waals surface area contributed by atoms with E-state index in [9.17, 15) is 9.59 Å². The molecule has 0 unspecified atom stereocenters. The summed E-state index contributed by atoms with van der Waals surface area (Å²) >= 11 is 5.86. The standard InChI is InChI=1S/C19H15ClN2O2/c20-16-8-4-7-14(11-16)9-10-18(23)17(12-21)19(24)22-13-15-5-2-1-3-6-15/h1-11,17H,13H2,(H,22,24)/b10-9-/t17-/m0/s1. The maximum Gasteiger partial charge on any atom is 0.245 e. The Morgan fingerprint density at radius 2 is 1.92 bits per heavy atom. The van der Waals surface area contributed by atoms with Crippen LogP contribution in [-0.2, 0) is 16.1 Å². The van der Waals surface area contributed by atoms with Crippen molar-refractivity contribution in [2.75, 3.05) is 0 Å². The van der Waals surface area contributed by atoms with Crippen LogP contribution in [0.25, 0.3) is 6.08 Å². The second-order valence-electron chi connectivity index (χ2n) is 5.06. The Labute approximate surface area is 145 Å². The fourth-order valence-corrected chi connectivity index (χ4v) is 2.22. The Kier molecular flexibility index (Phi) is 6.30. The van der Waals surface area contributed by atoms with Crippen molar-refractivity contribution >= 4 is 29.4 Å². The van der Waals surface area contributed by atoms with Gasteiger partial charge in [0.1, 0.15) is 0 Å². The van der Waals surface area contributed by atoms with Crippen molar-refractivity contribution in [2.24, 2.45) is 5.92 Å². The van der Waals surface area contributed by atoms with Crippen LogP contribution in [0.5, 0.6) is 0 Å². The summed E-state index contributed by atoms with van der Waals surface area (Å²) in [7, 11) is 0. The van der Waals surface area contributed by atoms with Gasteiger partial charge in [0, 0.05) is 11.6 Å². The molecule has 0 aromatic heterocycles. The first-order valence-corrected chi connectivity index (χ1v) is 7.66. The lowest BCUT2D eigenvalue weighted by molar-refractivity contribution is -0.129. The van der Waals surface area contributed by atoms with Gasteiger partial charge in [-0.3, -0.25) is 9.59 Å². The second-order valence-corrected chi connectivity index (χ2v) is 5.49. The van der Waals surface area contributed by atoms with Crippen molar-refractivity contribution < 1.29 is 9.59 Å². The fourth-order valence-electron chi connectivity index (χ4n) is 2.02. The van der Waals surface area contributed by atoms with Gasteiger partial charge >= 0.3 is 0 Å². The molecule has 0 bridgehead atoms. The minimum absolute atomic E-state index is 0.267. The van der Waals surface area contributed by atoms with E-state index in [2.05, 4.69) is 5.32 Å². The highest BCUT2D eigenvalue weighted by Gasteiger charge is 2.23. The number of ketones is 1.